The molecular weight excluding hydrogens is 484 g/mol. The van der Waals surface area contributed by atoms with E-state index in [9.17, 15) is 0 Å². The quantitative estimate of drug-likeness (QED) is 0.286. The number of nitrogens with zero attached hydrogens (tertiary/aromatic N) is 2. The van der Waals surface area contributed by atoms with E-state index in [-0.39, 0.29) is 22.3 Å². The molecule has 0 saturated heterocycles. The Morgan fingerprint density at radius 1 is 0.545 bits per heavy atom. The normalized spacial score (nSPS) is 32.5. The van der Waals surface area contributed by atoms with Crippen LogP contribution in [0.3, 0.4) is 0 Å². The first-order chi connectivity index (χ1) is 8.93. The van der Waals surface area contributed by atoms with E-state index in [1.54, 1.807) is 0 Å². The molecule has 16 heteroatoms. The molecule has 0 amide bonds. The third-order valence-corrected chi connectivity index (χ3v) is 5.86. The molecule has 0 aromatic carbocycles. The minimum Gasteiger partial charge on any atom is -0.412 e. The molecule has 1 aliphatic rings. The van der Waals surface area contributed by atoms with Crippen molar-refractivity contribution in [3.8, 4) is 0 Å². The number of rotatable bonds is 0. The second kappa shape index (κ2) is 15.2. The molecule has 0 aliphatic heterocycles. The van der Waals surface area contributed by atoms with Crippen molar-refractivity contribution in [3.63, 3.8) is 0 Å². The molecule has 0 atom stereocenters. The molecule has 1 aliphatic carbocycles. The number of alkyl halides is 6. The van der Waals surface area contributed by atoms with Crippen LogP contribution in [0.5, 0.6) is 0 Å². The predicted molar refractivity (Wildman–Crippen MR) is 82.2 cm³/mol. The minimum absolute atomic E-state index is 0. The largest absolute Gasteiger partial charge is 2.00 e. The summed E-state index contributed by atoms with van der Waals surface area (Å²) in [6.07, 6.45) is 0. The van der Waals surface area contributed by atoms with Crippen LogP contribution in [0.15, 0.2) is 0 Å². The Labute approximate surface area is 164 Å². The number of hydrogen-bond acceptors (Lipinski definition) is 6. The molecule has 2 N–H and O–H groups in total. The zero-order chi connectivity index (χ0) is 16.6. The maximum atomic E-state index is 8.25. The van der Waals surface area contributed by atoms with Crippen molar-refractivity contribution in [2.75, 3.05) is 0 Å². The fourth-order valence-electron chi connectivity index (χ4n) is 1.05. The van der Waals surface area contributed by atoms with E-state index in [2.05, 4.69) is 0 Å². The minimum atomic E-state index is -1.75. The van der Waals surface area contributed by atoms with E-state index in [4.69, 9.17) is 100 Å². The van der Waals surface area contributed by atoms with Crippen molar-refractivity contribution in [3.05, 3.63) is 30.6 Å². The average molecular weight is 492 g/mol. The van der Waals surface area contributed by atoms with Crippen LogP contribution in [0, 0.1) is 30.6 Å². The molecule has 22 heavy (non-hydrogen) atoms. The van der Waals surface area contributed by atoms with Gasteiger partial charge in [-0.3, -0.25) is 0 Å². The van der Waals surface area contributed by atoms with E-state index in [0.29, 0.717) is 0 Å². The maximum Gasteiger partial charge on any atom is 2.00 e. The summed E-state index contributed by atoms with van der Waals surface area (Å²) >= 11 is 35.3. The van der Waals surface area contributed by atoms with E-state index in [0.717, 1.165) is 0 Å². The summed E-state index contributed by atoms with van der Waals surface area (Å²) in [6.45, 7) is 0. The zero-order valence-corrected chi connectivity index (χ0v) is 15.5. The Morgan fingerprint density at radius 3 is 0.636 bits per heavy atom. The average Bonchev–Trinajstić information content (AvgIpc) is 2.30. The SMILES string of the molecule is ClC1C(Cl)C(Cl)C(Cl)C(Cl)C1Cl.O.O=[N+]([O-])[O-].O=[N+]([O-])[O-].[Co+2]. The van der Waals surface area contributed by atoms with E-state index in [1.807, 2.05) is 0 Å². The van der Waals surface area contributed by atoms with Gasteiger partial charge in [-0.1, -0.05) is 0 Å². The van der Waals surface area contributed by atoms with Crippen molar-refractivity contribution in [2.45, 2.75) is 32.3 Å². The molecule has 9 nitrogen and oxygen atoms in total. The van der Waals surface area contributed by atoms with Gasteiger partial charge in [0, 0.05) is 0 Å². The van der Waals surface area contributed by atoms with Gasteiger partial charge in [0.05, 0.1) is 42.4 Å². The summed E-state index contributed by atoms with van der Waals surface area (Å²) in [6, 6.07) is 0. The summed E-state index contributed by atoms with van der Waals surface area (Å²) in [7, 11) is 0. The smallest absolute Gasteiger partial charge is 0.412 e. The van der Waals surface area contributed by atoms with Crippen LogP contribution >= 0.6 is 69.6 Å². The summed E-state index contributed by atoms with van der Waals surface area (Å²) in [5.74, 6) is 0. The standard InChI is InChI=1S/C6H6Cl6.Co.2NO3.H2O/c7-1-2(8)4(10)6(12)5(11)3(1)9;;2*2-1(3)4;/h1-6H;;;;1H2/q;+2;2*-1;. The van der Waals surface area contributed by atoms with Gasteiger partial charge in [-0.05, 0) is 0 Å². The van der Waals surface area contributed by atoms with Crippen LogP contribution in [-0.4, -0.2) is 47.9 Å². The van der Waals surface area contributed by atoms with Crippen LogP contribution in [-0.2, 0) is 16.8 Å². The van der Waals surface area contributed by atoms with Gasteiger partial charge in [0.15, 0.2) is 0 Å². The molecule has 1 rings (SSSR count). The zero-order valence-electron chi connectivity index (χ0n) is 9.91. The molecule has 0 aromatic rings. The summed E-state index contributed by atoms with van der Waals surface area (Å²) in [5.41, 5.74) is 0. The number of halogens is 6. The molecule has 1 fully saturated rings. The molecule has 0 aromatic heterocycles. The molecule has 0 bridgehead atoms. The van der Waals surface area contributed by atoms with E-state index >= 15 is 0 Å². The van der Waals surface area contributed by atoms with Gasteiger partial charge in [-0.25, -0.2) is 0 Å². The molecule has 135 valence electrons. The van der Waals surface area contributed by atoms with Gasteiger partial charge in [0.1, 0.15) is 0 Å². The molecule has 1 saturated carbocycles. The maximum absolute atomic E-state index is 8.25. The number of hydrogen-bond donors (Lipinski definition) is 0. The first-order valence-corrected chi connectivity index (χ1v) is 7.02. The first-order valence-electron chi connectivity index (χ1n) is 4.40. The van der Waals surface area contributed by atoms with Gasteiger partial charge in [0.25, 0.3) is 0 Å². The second-order valence-electron chi connectivity index (χ2n) is 3.11. The third-order valence-electron chi connectivity index (χ3n) is 1.83. The fourth-order valence-corrected chi connectivity index (χ4v) is 3.38. The van der Waals surface area contributed by atoms with Gasteiger partial charge in [-0.2, -0.15) is 0 Å². The van der Waals surface area contributed by atoms with Gasteiger partial charge in [-0.15, -0.1) is 69.6 Å². The Hall–Kier alpha value is 0.606. The Bertz CT molecular complexity index is 253. The third kappa shape index (κ3) is 13.1. The topological polar surface area (TPSA) is 164 Å². The van der Waals surface area contributed by atoms with Crippen LogP contribution in [0.4, 0.5) is 0 Å². The molecule has 0 spiro atoms. The van der Waals surface area contributed by atoms with Crippen molar-refractivity contribution < 1.29 is 32.4 Å². The Morgan fingerprint density at radius 2 is 0.591 bits per heavy atom. The fraction of sp³-hybridized carbons (Fsp3) is 1.00. The summed E-state index contributed by atoms with van der Waals surface area (Å²) < 4.78 is 0. The van der Waals surface area contributed by atoms with Crippen molar-refractivity contribution in [2.24, 2.45) is 0 Å². The van der Waals surface area contributed by atoms with Gasteiger partial charge in [0.2, 0.25) is 0 Å². The van der Waals surface area contributed by atoms with Crippen molar-refractivity contribution in [1.82, 2.24) is 0 Å². The van der Waals surface area contributed by atoms with Crippen LogP contribution in [0.1, 0.15) is 0 Å². The predicted octanol–water partition coefficient (Wildman–Crippen LogP) is 2.34. The molecular formula is C6H8Cl6CoN2O7. The van der Waals surface area contributed by atoms with E-state index in [1.165, 1.54) is 0 Å². The summed E-state index contributed by atoms with van der Waals surface area (Å²) in [5, 5.41) is 26.9. The summed E-state index contributed by atoms with van der Waals surface area (Å²) in [4.78, 5) is 16.5. The van der Waals surface area contributed by atoms with Crippen molar-refractivity contribution in [1.29, 1.82) is 0 Å². The Balaban J connectivity index is -0.000000138. The first kappa shape index (κ1) is 30.5. The van der Waals surface area contributed by atoms with Crippen LogP contribution < -0.4 is 0 Å². The Kier molecular flexibility index (Phi) is 21.0. The molecule has 0 heterocycles. The van der Waals surface area contributed by atoms with Crippen LogP contribution in [0.2, 0.25) is 0 Å². The van der Waals surface area contributed by atoms with Crippen molar-refractivity contribution >= 4 is 69.6 Å². The van der Waals surface area contributed by atoms with Gasteiger partial charge >= 0.3 is 16.8 Å². The van der Waals surface area contributed by atoms with Gasteiger partial charge < -0.3 is 36.1 Å². The van der Waals surface area contributed by atoms with E-state index < -0.39 is 42.4 Å². The monoisotopic (exact) mass is 489 g/mol. The van der Waals surface area contributed by atoms with Crippen LogP contribution in [0.25, 0.3) is 0 Å². The second-order valence-corrected chi connectivity index (χ2v) is 6.14. The molecule has 0 unspecified atom stereocenters. The molecule has 1 radical (unpaired) electrons.